The predicted octanol–water partition coefficient (Wildman–Crippen LogP) is 2.87. The van der Waals surface area contributed by atoms with Crippen molar-refractivity contribution in [3.63, 3.8) is 0 Å². The van der Waals surface area contributed by atoms with Gasteiger partial charge in [-0.15, -0.1) is 0 Å². The zero-order chi connectivity index (χ0) is 14.9. The molecule has 20 heavy (non-hydrogen) atoms. The van der Waals surface area contributed by atoms with Gasteiger partial charge in [-0.25, -0.2) is 0 Å². The molecule has 1 aliphatic rings. The summed E-state index contributed by atoms with van der Waals surface area (Å²) in [5.41, 5.74) is 7.47. The third-order valence-electron chi connectivity index (χ3n) is 4.23. The van der Waals surface area contributed by atoms with E-state index < -0.39 is 5.41 Å². The van der Waals surface area contributed by atoms with Crippen LogP contribution in [0.1, 0.15) is 43.9 Å². The van der Waals surface area contributed by atoms with Crippen LogP contribution < -0.4 is 11.1 Å². The smallest absolute Gasteiger partial charge is 0.233 e. The van der Waals surface area contributed by atoms with Gasteiger partial charge in [0.25, 0.3) is 0 Å². The van der Waals surface area contributed by atoms with Crippen molar-refractivity contribution < 1.29 is 4.79 Å². The zero-order valence-electron chi connectivity index (χ0n) is 12.3. The second-order valence-corrected chi connectivity index (χ2v) is 6.51. The van der Waals surface area contributed by atoms with Crippen LogP contribution >= 0.6 is 12.2 Å². The second-order valence-electron chi connectivity index (χ2n) is 6.07. The number of carbonyl (C=O) groups excluding carboxylic acids is 1. The summed E-state index contributed by atoms with van der Waals surface area (Å²) < 4.78 is 0. The lowest BCUT2D eigenvalue weighted by molar-refractivity contribution is -0.133. The number of nitrogens with one attached hydrogen (secondary N) is 1. The average Bonchev–Trinajstić information content (AvgIpc) is 2.34. The number of hydrogen-bond donors (Lipinski definition) is 2. The van der Waals surface area contributed by atoms with Crippen molar-refractivity contribution in [2.75, 3.05) is 0 Å². The molecule has 1 aromatic rings. The Bertz CT molecular complexity index is 518. The normalized spacial score (nSPS) is 26.4. The molecule has 1 atom stereocenters. The number of benzene rings is 1. The fraction of sp³-hybridized carbons (Fsp3) is 0.500. The fourth-order valence-electron chi connectivity index (χ4n) is 2.90. The number of hydrogen-bond acceptors (Lipinski definition) is 2. The minimum atomic E-state index is -0.631. The van der Waals surface area contributed by atoms with E-state index in [1.807, 2.05) is 38.1 Å². The monoisotopic (exact) mass is 290 g/mol. The van der Waals surface area contributed by atoms with E-state index in [9.17, 15) is 4.79 Å². The van der Waals surface area contributed by atoms with Crippen LogP contribution in [0.25, 0.3) is 0 Å². The summed E-state index contributed by atoms with van der Waals surface area (Å²) >= 11 is 5.11. The van der Waals surface area contributed by atoms with Gasteiger partial charge in [0.15, 0.2) is 0 Å². The standard InChI is InChI=1S/C16H22N2OS/c1-10-4-6-13(7-5-10)12(3)18-15(19)16(14(17)20)8-11(2)9-16/h4-7,11-12H,8-9H2,1-3H3,(H2,17,20)(H,18,19). The summed E-state index contributed by atoms with van der Waals surface area (Å²) in [6.45, 7) is 6.15. The van der Waals surface area contributed by atoms with Crippen molar-refractivity contribution in [3.05, 3.63) is 35.4 Å². The minimum absolute atomic E-state index is 0.0313. The molecule has 1 aromatic carbocycles. The molecule has 0 heterocycles. The molecule has 0 spiro atoms. The molecule has 108 valence electrons. The fourth-order valence-corrected chi connectivity index (χ4v) is 3.16. The van der Waals surface area contributed by atoms with Crippen LogP contribution in [-0.2, 0) is 4.79 Å². The van der Waals surface area contributed by atoms with E-state index in [4.69, 9.17) is 18.0 Å². The summed E-state index contributed by atoms with van der Waals surface area (Å²) in [5.74, 6) is 0.480. The van der Waals surface area contributed by atoms with Gasteiger partial charge >= 0.3 is 0 Å². The average molecular weight is 290 g/mol. The van der Waals surface area contributed by atoms with Gasteiger partial charge < -0.3 is 11.1 Å². The van der Waals surface area contributed by atoms with Gasteiger partial charge in [0.2, 0.25) is 5.91 Å². The maximum absolute atomic E-state index is 12.5. The second kappa shape index (κ2) is 5.52. The topological polar surface area (TPSA) is 55.1 Å². The predicted molar refractivity (Wildman–Crippen MR) is 85.4 cm³/mol. The Morgan fingerprint density at radius 2 is 1.95 bits per heavy atom. The summed E-state index contributed by atoms with van der Waals surface area (Å²) in [4.78, 5) is 12.8. The van der Waals surface area contributed by atoms with Gasteiger partial charge in [0.1, 0.15) is 0 Å². The van der Waals surface area contributed by atoms with Crippen molar-refractivity contribution in [1.29, 1.82) is 0 Å². The van der Waals surface area contributed by atoms with Crippen molar-refractivity contribution in [1.82, 2.24) is 5.32 Å². The highest BCUT2D eigenvalue weighted by Crippen LogP contribution is 2.46. The molecule has 3 nitrogen and oxygen atoms in total. The Morgan fingerprint density at radius 1 is 1.40 bits per heavy atom. The first-order valence-corrected chi connectivity index (χ1v) is 7.43. The lowest BCUT2D eigenvalue weighted by Gasteiger charge is -2.44. The summed E-state index contributed by atoms with van der Waals surface area (Å²) in [7, 11) is 0. The van der Waals surface area contributed by atoms with E-state index in [0.29, 0.717) is 10.9 Å². The number of aryl methyl sites for hydroxylation is 1. The largest absolute Gasteiger partial charge is 0.392 e. The Labute approximate surface area is 125 Å². The van der Waals surface area contributed by atoms with Gasteiger partial charge in [-0.05, 0) is 38.2 Å². The van der Waals surface area contributed by atoms with E-state index in [0.717, 1.165) is 18.4 Å². The van der Waals surface area contributed by atoms with Crippen LogP contribution in [0.5, 0.6) is 0 Å². The van der Waals surface area contributed by atoms with Gasteiger partial charge in [-0.1, -0.05) is 49.0 Å². The zero-order valence-corrected chi connectivity index (χ0v) is 13.1. The Morgan fingerprint density at radius 3 is 2.40 bits per heavy atom. The van der Waals surface area contributed by atoms with E-state index >= 15 is 0 Å². The van der Waals surface area contributed by atoms with Crippen LogP contribution in [0.15, 0.2) is 24.3 Å². The van der Waals surface area contributed by atoms with Crippen molar-refractivity contribution in [2.45, 2.75) is 39.7 Å². The van der Waals surface area contributed by atoms with Crippen LogP contribution in [-0.4, -0.2) is 10.9 Å². The molecule has 3 N–H and O–H groups in total. The number of carbonyl (C=O) groups is 1. The van der Waals surface area contributed by atoms with Gasteiger partial charge in [0, 0.05) is 0 Å². The van der Waals surface area contributed by atoms with E-state index in [2.05, 4.69) is 12.2 Å². The van der Waals surface area contributed by atoms with Crippen LogP contribution in [0, 0.1) is 18.3 Å². The van der Waals surface area contributed by atoms with Crippen LogP contribution in [0.3, 0.4) is 0 Å². The molecule has 0 bridgehead atoms. The lowest BCUT2D eigenvalue weighted by atomic mass is 9.62. The molecule has 1 aliphatic carbocycles. The number of thiocarbonyl (C=S) groups is 1. The molecule has 0 aromatic heterocycles. The third-order valence-corrected chi connectivity index (χ3v) is 4.62. The molecular formula is C16H22N2OS. The molecule has 1 fully saturated rings. The molecule has 2 rings (SSSR count). The van der Waals surface area contributed by atoms with Crippen molar-refractivity contribution >= 4 is 23.1 Å². The van der Waals surface area contributed by atoms with E-state index in [1.165, 1.54) is 5.56 Å². The number of amides is 1. The van der Waals surface area contributed by atoms with E-state index in [-0.39, 0.29) is 11.9 Å². The van der Waals surface area contributed by atoms with Gasteiger partial charge in [-0.3, -0.25) is 4.79 Å². The molecule has 1 saturated carbocycles. The van der Waals surface area contributed by atoms with Crippen molar-refractivity contribution in [2.24, 2.45) is 17.1 Å². The summed E-state index contributed by atoms with van der Waals surface area (Å²) in [6.07, 6.45) is 1.52. The Balaban J connectivity index is 2.07. The van der Waals surface area contributed by atoms with Crippen LogP contribution in [0.2, 0.25) is 0 Å². The molecular weight excluding hydrogens is 268 g/mol. The quantitative estimate of drug-likeness (QED) is 0.838. The number of nitrogens with two attached hydrogens (primary N) is 1. The van der Waals surface area contributed by atoms with E-state index in [1.54, 1.807) is 0 Å². The minimum Gasteiger partial charge on any atom is -0.392 e. The molecule has 0 aliphatic heterocycles. The lowest BCUT2D eigenvalue weighted by Crippen LogP contribution is -2.56. The summed E-state index contributed by atoms with van der Waals surface area (Å²) in [6, 6.07) is 8.14. The maximum atomic E-state index is 12.5. The maximum Gasteiger partial charge on any atom is 0.233 e. The van der Waals surface area contributed by atoms with Crippen LogP contribution in [0.4, 0.5) is 0 Å². The first-order valence-electron chi connectivity index (χ1n) is 7.02. The van der Waals surface area contributed by atoms with Gasteiger partial charge in [-0.2, -0.15) is 0 Å². The summed E-state index contributed by atoms with van der Waals surface area (Å²) in [5, 5.41) is 3.05. The molecule has 1 unspecified atom stereocenters. The Kier molecular flexibility index (Phi) is 4.14. The highest BCUT2D eigenvalue weighted by atomic mass is 32.1. The first kappa shape index (κ1) is 15.0. The SMILES string of the molecule is Cc1ccc(C(C)NC(=O)C2(C(N)=S)CC(C)C2)cc1. The highest BCUT2D eigenvalue weighted by Gasteiger charge is 2.51. The molecule has 4 heteroatoms. The molecule has 0 radical (unpaired) electrons. The molecule has 1 amide bonds. The van der Waals surface area contributed by atoms with Gasteiger partial charge in [0.05, 0.1) is 16.4 Å². The van der Waals surface area contributed by atoms with Crippen molar-refractivity contribution in [3.8, 4) is 0 Å². The highest BCUT2D eigenvalue weighted by molar-refractivity contribution is 7.80. The molecule has 0 saturated heterocycles. The number of rotatable bonds is 4. The Hall–Kier alpha value is -1.42. The third kappa shape index (κ3) is 2.70. The first-order chi connectivity index (χ1) is 9.35.